The molecule has 11 heteroatoms. The minimum absolute atomic E-state index is 0.417. The Morgan fingerprint density at radius 3 is 2.38 bits per heavy atom. The minimum Gasteiger partial charge on any atom is -0.468 e. The molecule has 1 rings (SSSR count). The van der Waals surface area contributed by atoms with Crippen LogP contribution in [0.15, 0.2) is 18.2 Å². The summed E-state index contributed by atoms with van der Waals surface area (Å²) < 4.78 is 9.68. The number of nitrogens with zero attached hydrogens (tertiary/aromatic N) is 2. The Hall–Kier alpha value is -3.65. The largest absolute Gasteiger partial charge is 0.468 e. The minimum atomic E-state index is -1.48. The SMILES string of the molecule is COC(=O)CNC(=O)C(c1cc(C)ccc1C)N(CC#N)C(=O)C(CO)NC(=O)OC(C)(C)C. The third-order valence-corrected chi connectivity index (χ3v) is 4.62. The van der Waals surface area contributed by atoms with Gasteiger partial charge >= 0.3 is 12.1 Å². The van der Waals surface area contributed by atoms with Crippen LogP contribution in [-0.4, -0.2) is 72.3 Å². The summed E-state index contributed by atoms with van der Waals surface area (Å²) in [7, 11) is 1.16. The lowest BCUT2D eigenvalue weighted by Crippen LogP contribution is -2.54. The predicted molar refractivity (Wildman–Crippen MR) is 121 cm³/mol. The van der Waals surface area contributed by atoms with Gasteiger partial charge in [0, 0.05) is 0 Å². The first-order chi connectivity index (χ1) is 15.8. The number of rotatable bonds is 9. The average Bonchev–Trinajstić information content (AvgIpc) is 2.75. The third kappa shape index (κ3) is 8.37. The van der Waals surface area contributed by atoms with E-state index in [0.29, 0.717) is 11.1 Å². The number of hydrogen-bond acceptors (Lipinski definition) is 8. The molecule has 34 heavy (non-hydrogen) atoms. The van der Waals surface area contributed by atoms with Crippen LogP contribution < -0.4 is 10.6 Å². The van der Waals surface area contributed by atoms with Gasteiger partial charge in [-0.3, -0.25) is 14.4 Å². The molecular formula is C23H32N4O7. The van der Waals surface area contributed by atoms with Gasteiger partial charge in [-0.15, -0.1) is 0 Å². The number of nitrogens with one attached hydrogen (secondary N) is 2. The van der Waals surface area contributed by atoms with Crippen LogP contribution in [0, 0.1) is 25.2 Å². The van der Waals surface area contributed by atoms with Gasteiger partial charge in [-0.05, 0) is 45.7 Å². The van der Waals surface area contributed by atoms with E-state index in [0.717, 1.165) is 17.6 Å². The van der Waals surface area contributed by atoms with Crippen LogP contribution in [0.5, 0.6) is 0 Å². The number of ether oxygens (including phenoxy) is 2. The van der Waals surface area contributed by atoms with E-state index in [1.165, 1.54) is 0 Å². The zero-order valence-corrected chi connectivity index (χ0v) is 20.3. The van der Waals surface area contributed by atoms with Crippen molar-refractivity contribution >= 4 is 23.9 Å². The monoisotopic (exact) mass is 476 g/mol. The molecule has 0 saturated carbocycles. The van der Waals surface area contributed by atoms with Crippen molar-refractivity contribution in [3.05, 3.63) is 34.9 Å². The number of alkyl carbamates (subject to hydrolysis) is 1. The number of aryl methyl sites for hydroxylation is 2. The lowest BCUT2D eigenvalue weighted by molar-refractivity contribution is -0.144. The Labute approximate surface area is 199 Å². The molecule has 2 atom stereocenters. The molecule has 0 fully saturated rings. The van der Waals surface area contributed by atoms with Gasteiger partial charge in [0.05, 0.1) is 19.8 Å². The fourth-order valence-corrected chi connectivity index (χ4v) is 3.04. The first-order valence-electron chi connectivity index (χ1n) is 10.5. The normalized spacial score (nSPS) is 12.5. The number of aliphatic hydroxyl groups is 1. The Balaban J connectivity index is 3.41. The first kappa shape index (κ1) is 28.4. The summed E-state index contributed by atoms with van der Waals surface area (Å²) in [5.41, 5.74) is 1.01. The maximum Gasteiger partial charge on any atom is 0.408 e. The van der Waals surface area contributed by atoms with E-state index < -0.39 is 61.3 Å². The number of hydrogen-bond donors (Lipinski definition) is 3. The summed E-state index contributed by atoms with van der Waals surface area (Å²) >= 11 is 0. The Morgan fingerprint density at radius 2 is 1.85 bits per heavy atom. The van der Waals surface area contributed by atoms with Crippen molar-refractivity contribution in [2.45, 2.75) is 52.3 Å². The van der Waals surface area contributed by atoms with Crippen LogP contribution in [0.25, 0.3) is 0 Å². The molecule has 0 aromatic heterocycles. The zero-order chi connectivity index (χ0) is 26.1. The van der Waals surface area contributed by atoms with E-state index in [2.05, 4.69) is 15.4 Å². The van der Waals surface area contributed by atoms with E-state index in [-0.39, 0.29) is 0 Å². The molecule has 2 unspecified atom stereocenters. The molecule has 0 spiro atoms. The molecule has 1 aromatic rings. The fraction of sp³-hybridized carbons (Fsp3) is 0.522. The molecule has 0 aliphatic rings. The number of carbonyl (C=O) groups excluding carboxylic acids is 4. The van der Waals surface area contributed by atoms with E-state index in [9.17, 15) is 29.5 Å². The van der Waals surface area contributed by atoms with Gasteiger partial charge in [0.25, 0.3) is 0 Å². The molecule has 186 valence electrons. The van der Waals surface area contributed by atoms with Crippen LogP contribution >= 0.6 is 0 Å². The second-order valence-corrected chi connectivity index (χ2v) is 8.56. The summed E-state index contributed by atoms with van der Waals surface area (Å²) in [6.07, 6.45) is -0.949. The van der Waals surface area contributed by atoms with Gasteiger partial charge in [0.2, 0.25) is 11.8 Å². The Kier molecular flexibility index (Phi) is 10.5. The molecule has 0 saturated heterocycles. The zero-order valence-electron chi connectivity index (χ0n) is 20.3. The van der Waals surface area contributed by atoms with Crippen LogP contribution in [0.3, 0.4) is 0 Å². The van der Waals surface area contributed by atoms with E-state index in [1.54, 1.807) is 46.8 Å². The number of methoxy groups -OCH3 is 1. The summed E-state index contributed by atoms with van der Waals surface area (Å²) in [5, 5.41) is 23.9. The highest BCUT2D eigenvalue weighted by Crippen LogP contribution is 2.26. The van der Waals surface area contributed by atoms with Crippen molar-refractivity contribution in [3.8, 4) is 6.07 Å². The summed E-state index contributed by atoms with van der Waals surface area (Å²) in [6, 6.07) is 4.29. The Bertz CT molecular complexity index is 950. The quantitative estimate of drug-likeness (QED) is 0.350. The lowest BCUT2D eigenvalue weighted by Gasteiger charge is -2.33. The van der Waals surface area contributed by atoms with Crippen molar-refractivity contribution in [2.75, 3.05) is 26.8 Å². The van der Waals surface area contributed by atoms with Gasteiger partial charge in [0.1, 0.15) is 30.8 Å². The van der Waals surface area contributed by atoms with Crippen molar-refractivity contribution in [1.29, 1.82) is 5.26 Å². The van der Waals surface area contributed by atoms with Gasteiger partial charge in [-0.25, -0.2) is 4.79 Å². The number of nitriles is 1. The average molecular weight is 477 g/mol. The second-order valence-electron chi connectivity index (χ2n) is 8.56. The van der Waals surface area contributed by atoms with E-state index in [1.807, 2.05) is 12.1 Å². The van der Waals surface area contributed by atoms with Crippen LogP contribution in [0.2, 0.25) is 0 Å². The van der Waals surface area contributed by atoms with E-state index in [4.69, 9.17) is 4.74 Å². The van der Waals surface area contributed by atoms with Gasteiger partial charge in [-0.1, -0.05) is 23.8 Å². The number of amides is 3. The molecule has 0 aliphatic heterocycles. The molecule has 11 nitrogen and oxygen atoms in total. The molecule has 1 aromatic carbocycles. The molecule has 0 radical (unpaired) electrons. The molecule has 3 N–H and O–H groups in total. The van der Waals surface area contributed by atoms with Crippen molar-refractivity contribution in [2.24, 2.45) is 0 Å². The number of esters is 1. The maximum atomic E-state index is 13.3. The van der Waals surface area contributed by atoms with Gasteiger partial charge in [-0.2, -0.15) is 5.26 Å². The molecule has 0 bridgehead atoms. The highest BCUT2D eigenvalue weighted by Gasteiger charge is 2.37. The third-order valence-electron chi connectivity index (χ3n) is 4.62. The number of carbonyl (C=O) groups is 4. The Morgan fingerprint density at radius 1 is 1.21 bits per heavy atom. The highest BCUT2D eigenvalue weighted by atomic mass is 16.6. The van der Waals surface area contributed by atoms with E-state index >= 15 is 0 Å². The van der Waals surface area contributed by atoms with Crippen molar-refractivity contribution in [3.63, 3.8) is 0 Å². The lowest BCUT2D eigenvalue weighted by atomic mass is 9.96. The molecular weight excluding hydrogens is 444 g/mol. The molecule has 0 aliphatic carbocycles. The van der Waals surface area contributed by atoms with Crippen LogP contribution in [0.4, 0.5) is 4.79 Å². The first-order valence-corrected chi connectivity index (χ1v) is 10.5. The van der Waals surface area contributed by atoms with Crippen molar-refractivity contribution < 1.29 is 33.8 Å². The summed E-state index contributed by atoms with van der Waals surface area (Å²) in [4.78, 5) is 51.2. The summed E-state index contributed by atoms with van der Waals surface area (Å²) in [6.45, 7) is 6.63. The maximum absolute atomic E-state index is 13.3. The number of aliphatic hydroxyl groups excluding tert-OH is 1. The van der Waals surface area contributed by atoms with Crippen molar-refractivity contribution in [1.82, 2.24) is 15.5 Å². The topological polar surface area (TPSA) is 158 Å². The highest BCUT2D eigenvalue weighted by molar-refractivity contribution is 5.93. The predicted octanol–water partition coefficient (Wildman–Crippen LogP) is 0.872. The standard InChI is InChI=1S/C23H32N4O7/c1-14-7-8-15(2)16(11-14)19(20(30)25-12-18(29)33-6)27(10-9-24)21(31)17(13-28)26-22(32)34-23(3,4)5/h7-8,11,17,19,28H,10,12-13H2,1-6H3,(H,25,30)(H,26,32). The number of benzene rings is 1. The molecule has 3 amide bonds. The van der Waals surface area contributed by atoms with Crippen LogP contribution in [0.1, 0.15) is 43.5 Å². The smallest absolute Gasteiger partial charge is 0.408 e. The van der Waals surface area contributed by atoms with Crippen LogP contribution in [-0.2, 0) is 23.9 Å². The second kappa shape index (κ2) is 12.6. The molecule has 0 heterocycles. The fourth-order valence-electron chi connectivity index (χ4n) is 3.04. The summed E-state index contributed by atoms with van der Waals surface area (Å²) in [5.74, 6) is -2.32. The van der Waals surface area contributed by atoms with Gasteiger partial charge in [0.15, 0.2) is 0 Å². The van der Waals surface area contributed by atoms with Gasteiger partial charge < -0.3 is 30.1 Å².